The highest BCUT2D eigenvalue weighted by molar-refractivity contribution is 7.99. The van der Waals surface area contributed by atoms with Crippen LogP contribution in [0.5, 0.6) is 0 Å². The van der Waals surface area contributed by atoms with Crippen molar-refractivity contribution in [3.63, 3.8) is 0 Å². The Balaban J connectivity index is 1.92. The van der Waals surface area contributed by atoms with E-state index in [1.165, 1.54) is 23.9 Å². The first-order chi connectivity index (χ1) is 12.9. The molecule has 0 aliphatic heterocycles. The van der Waals surface area contributed by atoms with Gasteiger partial charge in [0.25, 0.3) is 5.56 Å². The fourth-order valence-corrected chi connectivity index (χ4v) is 3.84. The van der Waals surface area contributed by atoms with E-state index in [0.717, 1.165) is 5.56 Å². The molecule has 0 amide bonds. The van der Waals surface area contributed by atoms with E-state index in [0.29, 0.717) is 29.0 Å². The minimum atomic E-state index is -3.73. The van der Waals surface area contributed by atoms with Crippen LogP contribution >= 0.6 is 11.8 Å². The number of hydrogen-bond donors (Lipinski definition) is 1. The lowest BCUT2D eigenvalue weighted by molar-refractivity contribution is 0.594. The molecule has 0 radical (unpaired) electrons. The standard InChI is InChI=1S/C18H16N4O3S2/c19-10-12-26-18-21-16-4-2-1-3-15(16)17(23)22(18)11-9-13-5-7-14(8-6-13)27(20,24)25/h1-8H,9,11-12H2,(H2,20,24,25). The zero-order valence-corrected chi connectivity index (χ0v) is 15.8. The van der Waals surface area contributed by atoms with Gasteiger partial charge in [-0.25, -0.2) is 18.5 Å². The van der Waals surface area contributed by atoms with E-state index in [-0.39, 0.29) is 16.2 Å². The maximum atomic E-state index is 12.9. The smallest absolute Gasteiger partial charge is 0.262 e. The zero-order valence-electron chi connectivity index (χ0n) is 14.2. The third kappa shape index (κ3) is 4.36. The Bertz CT molecular complexity index is 1180. The number of thioether (sulfide) groups is 1. The summed E-state index contributed by atoms with van der Waals surface area (Å²) in [4.78, 5) is 17.4. The summed E-state index contributed by atoms with van der Waals surface area (Å²) in [6, 6.07) is 15.3. The van der Waals surface area contributed by atoms with Gasteiger partial charge in [-0.05, 0) is 36.2 Å². The number of rotatable bonds is 6. The molecular formula is C18H16N4O3S2. The van der Waals surface area contributed by atoms with Gasteiger partial charge in [0.15, 0.2) is 5.16 Å². The minimum Gasteiger partial charge on any atom is -0.287 e. The molecule has 1 aromatic heterocycles. The summed E-state index contributed by atoms with van der Waals surface area (Å²) in [5, 5.41) is 15.0. The first kappa shape index (κ1) is 19.1. The van der Waals surface area contributed by atoms with Crippen molar-refractivity contribution in [3.8, 4) is 6.07 Å². The lowest BCUT2D eigenvalue weighted by Crippen LogP contribution is -2.24. The van der Waals surface area contributed by atoms with E-state index in [4.69, 9.17) is 10.4 Å². The first-order valence-corrected chi connectivity index (χ1v) is 10.5. The molecule has 0 saturated heterocycles. The van der Waals surface area contributed by atoms with Crippen LogP contribution < -0.4 is 10.7 Å². The molecule has 3 rings (SSSR count). The van der Waals surface area contributed by atoms with Crippen LogP contribution in [0, 0.1) is 11.3 Å². The largest absolute Gasteiger partial charge is 0.287 e. The lowest BCUT2D eigenvalue weighted by Gasteiger charge is -2.12. The van der Waals surface area contributed by atoms with Gasteiger partial charge in [0.2, 0.25) is 10.0 Å². The van der Waals surface area contributed by atoms with E-state index in [9.17, 15) is 13.2 Å². The zero-order chi connectivity index (χ0) is 19.4. The summed E-state index contributed by atoms with van der Waals surface area (Å²) in [5.74, 6) is 0.188. The summed E-state index contributed by atoms with van der Waals surface area (Å²) in [6.07, 6.45) is 0.505. The molecule has 0 aliphatic carbocycles. The average Bonchev–Trinajstić information content (AvgIpc) is 2.65. The van der Waals surface area contributed by atoms with Crippen molar-refractivity contribution in [1.82, 2.24) is 9.55 Å². The van der Waals surface area contributed by atoms with E-state index in [1.54, 1.807) is 34.9 Å². The van der Waals surface area contributed by atoms with Crippen LogP contribution in [0.4, 0.5) is 0 Å². The molecule has 27 heavy (non-hydrogen) atoms. The molecule has 138 valence electrons. The number of nitrogens with two attached hydrogens (primary N) is 1. The number of aromatic nitrogens is 2. The number of nitrogens with zero attached hydrogens (tertiary/aromatic N) is 3. The highest BCUT2D eigenvalue weighted by atomic mass is 32.2. The monoisotopic (exact) mass is 400 g/mol. The SMILES string of the molecule is N#CCSc1nc2ccccc2c(=O)n1CCc1ccc(S(N)(=O)=O)cc1. The summed E-state index contributed by atoms with van der Waals surface area (Å²) in [5.41, 5.74) is 1.29. The second kappa shape index (κ2) is 7.92. The molecule has 0 fully saturated rings. The van der Waals surface area contributed by atoms with Gasteiger partial charge in [-0.3, -0.25) is 9.36 Å². The Hall–Kier alpha value is -2.67. The second-order valence-corrected chi connectivity index (χ2v) is 8.26. The summed E-state index contributed by atoms with van der Waals surface area (Å²) in [7, 11) is -3.73. The Kier molecular flexibility index (Phi) is 5.60. The van der Waals surface area contributed by atoms with Crippen molar-refractivity contribution in [1.29, 1.82) is 5.26 Å². The van der Waals surface area contributed by atoms with Gasteiger partial charge in [0.1, 0.15) is 0 Å². The minimum absolute atomic E-state index is 0.0426. The van der Waals surface area contributed by atoms with Gasteiger partial charge in [-0.15, -0.1) is 0 Å². The Morgan fingerprint density at radius 3 is 2.52 bits per heavy atom. The molecule has 0 bridgehead atoms. The number of hydrogen-bond acceptors (Lipinski definition) is 6. The van der Waals surface area contributed by atoms with Crippen LogP contribution in [-0.4, -0.2) is 23.7 Å². The first-order valence-electron chi connectivity index (χ1n) is 8.01. The van der Waals surface area contributed by atoms with Gasteiger partial charge in [-0.1, -0.05) is 36.0 Å². The molecule has 3 aromatic rings. The Labute approximate surface area is 160 Å². The molecule has 2 N–H and O–H groups in total. The third-order valence-electron chi connectivity index (χ3n) is 3.97. The number of nitriles is 1. The quantitative estimate of drug-likeness (QED) is 0.499. The fourth-order valence-electron chi connectivity index (χ4n) is 2.64. The predicted octanol–water partition coefficient (Wildman–Crippen LogP) is 1.90. The maximum absolute atomic E-state index is 12.9. The molecule has 0 aliphatic rings. The summed E-state index contributed by atoms with van der Waals surface area (Å²) >= 11 is 1.21. The molecule has 0 spiro atoms. The van der Waals surface area contributed by atoms with Crippen molar-refractivity contribution in [2.24, 2.45) is 5.14 Å². The third-order valence-corrected chi connectivity index (χ3v) is 5.74. The van der Waals surface area contributed by atoms with Gasteiger partial charge >= 0.3 is 0 Å². The van der Waals surface area contributed by atoms with Crippen LogP contribution in [0.15, 0.2) is 63.4 Å². The van der Waals surface area contributed by atoms with Crippen LogP contribution in [0.25, 0.3) is 10.9 Å². The number of primary sulfonamides is 1. The molecule has 7 nitrogen and oxygen atoms in total. The van der Waals surface area contributed by atoms with Crippen molar-refractivity contribution in [2.75, 3.05) is 5.75 Å². The van der Waals surface area contributed by atoms with Crippen LogP contribution in [0.1, 0.15) is 5.56 Å². The molecule has 0 atom stereocenters. The normalized spacial score (nSPS) is 11.4. The van der Waals surface area contributed by atoms with E-state index >= 15 is 0 Å². The Morgan fingerprint density at radius 1 is 1.15 bits per heavy atom. The maximum Gasteiger partial charge on any atom is 0.262 e. The molecule has 9 heteroatoms. The number of fused-ring (bicyclic) bond motifs is 1. The fraction of sp³-hybridized carbons (Fsp3) is 0.167. The molecule has 2 aromatic carbocycles. The molecular weight excluding hydrogens is 384 g/mol. The highest BCUT2D eigenvalue weighted by Gasteiger charge is 2.12. The van der Waals surface area contributed by atoms with Gasteiger partial charge in [0, 0.05) is 6.54 Å². The van der Waals surface area contributed by atoms with Crippen molar-refractivity contribution >= 4 is 32.7 Å². The highest BCUT2D eigenvalue weighted by Crippen LogP contribution is 2.18. The molecule has 1 heterocycles. The van der Waals surface area contributed by atoms with Crippen molar-refractivity contribution in [3.05, 3.63) is 64.4 Å². The van der Waals surface area contributed by atoms with Gasteiger partial charge < -0.3 is 0 Å². The number of aryl methyl sites for hydroxylation is 1. The van der Waals surface area contributed by atoms with Gasteiger partial charge in [0.05, 0.1) is 27.6 Å². The molecule has 0 unspecified atom stereocenters. The van der Waals surface area contributed by atoms with Crippen LogP contribution in [0.2, 0.25) is 0 Å². The average molecular weight is 400 g/mol. The summed E-state index contributed by atoms with van der Waals surface area (Å²) in [6.45, 7) is 0.360. The number of sulfonamides is 1. The van der Waals surface area contributed by atoms with E-state index in [1.807, 2.05) is 12.1 Å². The van der Waals surface area contributed by atoms with Crippen LogP contribution in [-0.2, 0) is 23.0 Å². The predicted molar refractivity (Wildman–Crippen MR) is 104 cm³/mol. The van der Waals surface area contributed by atoms with E-state index < -0.39 is 10.0 Å². The van der Waals surface area contributed by atoms with Crippen molar-refractivity contribution in [2.45, 2.75) is 23.0 Å². The summed E-state index contributed by atoms with van der Waals surface area (Å²) < 4.78 is 24.2. The van der Waals surface area contributed by atoms with Crippen LogP contribution in [0.3, 0.4) is 0 Å². The lowest BCUT2D eigenvalue weighted by atomic mass is 10.1. The Morgan fingerprint density at radius 2 is 1.85 bits per heavy atom. The van der Waals surface area contributed by atoms with Gasteiger partial charge in [-0.2, -0.15) is 5.26 Å². The number of para-hydroxylation sites is 1. The van der Waals surface area contributed by atoms with Crippen molar-refractivity contribution < 1.29 is 8.42 Å². The van der Waals surface area contributed by atoms with E-state index in [2.05, 4.69) is 4.98 Å². The second-order valence-electron chi connectivity index (χ2n) is 5.75. The number of benzene rings is 2. The molecule has 0 saturated carbocycles. The topological polar surface area (TPSA) is 119 Å².